The number of thiazole rings is 1. The Morgan fingerprint density at radius 2 is 1.81 bits per heavy atom. The summed E-state index contributed by atoms with van der Waals surface area (Å²) in [4.78, 5) is 30.2. The van der Waals surface area contributed by atoms with Gasteiger partial charge in [0.25, 0.3) is 5.19 Å². The molecule has 6 unspecified atom stereocenters. The van der Waals surface area contributed by atoms with Gasteiger partial charge in [0.1, 0.15) is 11.9 Å². The van der Waals surface area contributed by atoms with Crippen LogP contribution in [0.25, 0.3) is 6.08 Å². The van der Waals surface area contributed by atoms with E-state index in [0.717, 1.165) is 12.0 Å². The molecule has 0 aliphatic heterocycles. The van der Waals surface area contributed by atoms with Crippen LogP contribution < -0.4 is 4.74 Å². The Balaban J connectivity index is 2.75. The smallest absolute Gasteiger partial charge is 0.309 e. The van der Waals surface area contributed by atoms with Gasteiger partial charge in [-0.3, -0.25) is 9.59 Å². The first-order chi connectivity index (χ1) is 16.7. The number of hydrogen-bond acceptors (Lipinski definition) is 9. The van der Waals surface area contributed by atoms with E-state index in [1.54, 1.807) is 34.8 Å². The molecule has 0 amide bonds. The van der Waals surface area contributed by atoms with Gasteiger partial charge in [0.15, 0.2) is 0 Å². The average molecular weight is 528 g/mol. The first-order valence-corrected chi connectivity index (χ1v) is 13.6. The number of methoxy groups -OCH3 is 1. The second kappa shape index (κ2) is 14.8. The lowest BCUT2D eigenvalue weighted by Gasteiger charge is -2.34. The van der Waals surface area contributed by atoms with Crippen molar-refractivity contribution in [3.05, 3.63) is 16.6 Å². The van der Waals surface area contributed by atoms with Gasteiger partial charge in [-0.05, 0) is 50.7 Å². The van der Waals surface area contributed by atoms with E-state index in [1.165, 1.54) is 11.3 Å². The summed E-state index contributed by atoms with van der Waals surface area (Å²) in [6.07, 6.45) is 1.07. The van der Waals surface area contributed by atoms with Gasteiger partial charge in [0.05, 0.1) is 43.0 Å². The summed E-state index contributed by atoms with van der Waals surface area (Å²) in [7, 11) is 1.55. The highest BCUT2D eigenvalue weighted by Crippen LogP contribution is 2.32. The summed E-state index contributed by atoms with van der Waals surface area (Å²) in [5.74, 6) is -1.76. The lowest BCUT2D eigenvalue weighted by Crippen LogP contribution is -2.45. The molecular formula is C27H45NO7S. The molecule has 0 saturated carbocycles. The number of Topliss-reactive ketones (excluding diaryl/α,β-unsaturated/α-hetero) is 1. The molecule has 0 fully saturated rings. The van der Waals surface area contributed by atoms with E-state index in [0.29, 0.717) is 30.2 Å². The standard InChI is InChI=1S/C27H45NO7S/c1-9-21(17(3)13-20-15-36-26(28-20)34-8)35-23(31)14-22(30)27(6,7)25(33)19(5)24(32)16(2)11-10-12-18(4)29/h13,15-16,18-19,21-22,24,29-30,32H,9-12,14H2,1-8H3/b17-13+. The summed E-state index contributed by atoms with van der Waals surface area (Å²) >= 11 is 1.37. The second-order valence-electron chi connectivity index (χ2n) is 10.4. The van der Waals surface area contributed by atoms with Crippen LogP contribution in [0.15, 0.2) is 11.0 Å². The molecule has 0 bridgehead atoms. The number of aliphatic hydroxyl groups is 3. The fourth-order valence-electron chi connectivity index (χ4n) is 4.18. The molecule has 9 heteroatoms. The molecular weight excluding hydrogens is 482 g/mol. The number of ether oxygens (including phenoxy) is 2. The molecule has 6 atom stereocenters. The molecule has 0 radical (unpaired) electrons. The number of aliphatic hydroxyl groups excluding tert-OH is 3. The van der Waals surface area contributed by atoms with Crippen molar-refractivity contribution in [2.45, 2.75) is 105 Å². The van der Waals surface area contributed by atoms with Gasteiger partial charge in [-0.2, -0.15) is 0 Å². The number of hydrogen-bond donors (Lipinski definition) is 3. The number of ketones is 1. The second-order valence-corrected chi connectivity index (χ2v) is 11.2. The van der Waals surface area contributed by atoms with E-state index in [9.17, 15) is 24.9 Å². The first kappa shape index (κ1) is 32.2. The van der Waals surface area contributed by atoms with Crippen LogP contribution in [0.2, 0.25) is 0 Å². The van der Waals surface area contributed by atoms with Crippen molar-refractivity contribution in [1.82, 2.24) is 4.98 Å². The summed E-state index contributed by atoms with van der Waals surface area (Å²) < 4.78 is 10.7. The van der Waals surface area contributed by atoms with Crippen LogP contribution in [0.1, 0.15) is 86.3 Å². The number of carbonyl (C=O) groups is 2. The van der Waals surface area contributed by atoms with E-state index < -0.39 is 41.7 Å². The summed E-state index contributed by atoms with van der Waals surface area (Å²) in [6.45, 7) is 12.2. The van der Waals surface area contributed by atoms with Gasteiger partial charge in [0.2, 0.25) is 0 Å². The number of esters is 1. The minimum absolute atomic E-state index is 0.140. The molecule has 8 nitrogen and oxygen atoms in total. The fourth-order valence-corrected chi connectivity index (χ4v) is 4.77. The molecule has 0 aliphatic rings. The van der Waals surface area contributed by atoms with Crippen LogP contribution in [0.4, 0.5) is 0 Å². The summed E-state index contributed by atoms with van der Waals surface area (Å²) in [5.41, 5.74) is 0.274. The third-order valence-corrected chi connectivity index (χ3v) is 7.64. The molecule has 0 aliphatic carbocycles. The molecule has 0 aromatic carbocycles. The Morgan fingerprint density at radius 1 is 1.17 bits per heavy atom. The predicted octanol–water partition coefficient (Wildman–Crippen LogP) is 4.41. The quantitative estimate of drug-likeness (QED) is 0.270. The van der Waals surface area contributed by atoms with Gasteiger partial charge < -0.3 is 24.8 Å². The van der Waals surface area contributed by atoms with Crippen LogP contribution in [0.5, 0.6) is 5.19 Å². The van der Waals surface area contributed by atoms with Crippen LogP contribution in [0, 0.1) is 17.3 Å². The zero-order valence-electron chi connectivity index (χ0n) is 23.0. The summed E-state index contributed by atoms with van der Waals surface area (Å²) in [5, 5.41) is 33.4. The van der Waals surface area contributed by atoms with Crippen LogP contribution >= 0.6 is 11.3 Å². The maximum Gasteiger partial charge on any atom is 0.309 e. The van der Waals surface area contributed by atoms with Gasteiger partial charge in [-0.25, -0.2) is 4.98 Å². The van der Waals surface area contributed by atoms with Crippen LogP contribution in [-0.2, 0) is 14.3 Å². The molecule has 1 aromatic heterocycles. The molecule has 36 heavy (non-hydrogen) atoms. The molecule has 1 heterocycles. The third kappa shape index (κ3) is 9.57. The highest BCUT2D eigenvalue weighted by Gasteiger charge is 2.42. The zero-order valence-corrected chi connectivity index (χ0v) is 23.8. The molecule has 3 N–H and O–H groups in total. The van der Waals surface area contributed by atoms with Gasteiger partial charge in [-0.1, -0.05) is 52.4 Å². The molecule has 206 valence electrons. The highest BCUT2D eigenvalue weighted by atomic mass is 32.1. The van der Waals surface area contributed by atoms with E-state index >= 15 is 0 Å². The van der Waals surface area contributed by atoms with Gasteiger partial charge in [-0.15, -0.1) is 0 Å². The number of nitrogens with zero attached hydrogens (tertiary/aromatic N) is 1. The number of rotatable bonds is 16. The molecule has 0 saturated heterocycles. The normalized spacial score (nSPS) is 17.6. The predicted molar refractivity (Wildman–Crippen MR) is 142 cm³/mol. The van der Waals surface area contributed by atoms with Crippen LogP contribution in [-0.4, -0.2) is 63.6 Å². The Hall–Kier alpha value is -1.81. The minimum atomic E-state index is -1.26. The Kier molecular flexibility index (Phi) is 13.3. The summed E-state index contributed by atoms with van der Waals surface area (Å²) in [6, 6.07) is 0. The van der Waals surface area contributed by atoms with Crippen molar-refractivity contribution in [3.8, 4) is 5.19 Å². The Morgan fingerprint density at radius 3 is 2.33 bits per heavy atom. The van der Waals surface area contributed by atoms with E-state index in [2.05, 4.69) is 4.98 Å². The molecule has 1 aromatic rings. The van der Waals surface area contributed by atoms with Crippen molar-refractivity contribution in [2.75, 3.05) is 7.11 Å². The molecule has 1 rings (SSSR count). The first-order valence-electron chi connectivity index (χ1n) is 12.7. The van der Waals surface area contributed by atoms with E-state index in [-0.39, 0.29) is 18.1 Å². The maximum atomic E-state index is 13.2. The van der Waals surface area contributed by atoms with Crippen molar-refractivity contribution in [1.29, 1.82) is 0 Å². The Labute approximate surface area is 219 Å². The number of carbonyl (C=O) groups excluding carboxylic acids is 2. The van der Waals surface area contributed by atoms with Crippen molar-refractivity contribution in [3.63, 3.8) is 0 Å². The van der Waals surface area contributed by atoms with Crippen LogP contribution in [0.3, 0.4) is 0 Å². The monoisotopic (exact) mass is 527 g/mol. The average Bonchev–Trinajstić information content (AvgIpc) is 3.27. The fraction of sp³-hybridized carbons (Fsp3) is 0.741. The van der Waals surface area contributed by atoms with E-state index in [1.807, 2.05) is 32.2 Å². The Bertz CT molecular complexity index is 864. The highest BCUT2D eigenvalue weighted by molar-refractivity contribution is 7.11. The zero-order chi connectivity index (χ0) is 27.6. The van der Waals surface area contributed by atoms with Gasteiger partial charge >= 0.3 is 5.97 Å². The topological polar surface area (TPSA) is 126 Å². The molecule has 0 spiro atoms. The number of aromatic nitrogens is 1. The van der Waals surface area contributed by atoms with E-state index in [4.69, 9.17) is 9.47 Å². The maximum absolute atomic E-state index is 13.2. The van der Waals surface area contributed by atoms with Gasteiger partial charge in [0, 0.05) is 11.3 Å². The lowest BCUT2D eigenvalue weighted by atomic mass is 9.73. The van der Waals surface area contributed by atoms with Crippen molar-refractivity contribution < 1.29 is 34.4 Å². The minimum Gasteiger partial charge on any atom is -0.473 e. The SMILES string of the molecule is CCC(OC(=O)CC(O)C(C)(C)C(=O)C(C)C(O)C(C)CCCC(C)O)/C(C)=C/c1csc(OC)n1. The van der Waals surface area contributed by atoms with Crippen molar-refractivity contribution >= 4 is 29.2 Å². The largest absolute Gasteiger partial charge is 0.473 e. The lowest BCUT2D eigenvalue weighted by molar-refractivity contribution is -0.154. The van der Waals surface area contributed by atoms with Crippen molar-refractivity contribution in [2.24, 2.45) is 17.3 Å². The third-order valence-electron chi connectivity index (χ3n) is 6.82.